The van der Waals surface area contributed by atoms with Gasteiger partial charge < -0.3 is 16.3 Å². The Morgan fingerprint density at radius 2 is 1.51 bits per heavy atom. The SMILES string of the molecule is O=C(N[C@@H](Cc1ccccc1)C(=O)O)c1cccc(CC2C=CCCC2c2nc(-c3ccccc3)c(-c3ccccc3)o2)c1.[H-].[Na+]. The summed E-state index contributed by atoms with van der Waals surface area (Å²) in [6.07, 6.45) is 7.18. The van der Waals surface area contributed by atoms with E-state index < -0.39 is 17.9 Å². The Labute approximate surface area is 287 Å². The molecule has 2 N–H and O–H groups in total. The molecule has 0 bridgehead atoms. The normalized spacial score (nSPS) is 16.4. The number of nitrogens with one attached hydrogen (secondary N) is 1. The van der Waals surface area contributed by atoms with Crippen LogP contribution in [-0.4, -0.2) is 28.0 Å². The van der Waals surface area contributed by atoms with Gasteiger partial charge in [-0.2, -0.15) is 0 Å². The second kappa shape index (κ2) is 15.2. The molecule has 0 fully saturated rings. The van der Waals surface area contributed by atoms with Crippen molar-refractivity contribution in [2.24, 2.45) is 5.92 Å². The fraction of sp³-hybridized carbons (Fsp3) is 0.184. The van der Waals surface area contributed by atoms with E-state index in [1.54, 1.807) is 6.07 Å². The molecule has 1 aromatic heterocycles. The number of carboxylic acid groups (broad SMARTS) is 1. The van der Waals surface area contributed by atoms with Gasteiger partial charge in [-0.25, -0.2) is 9.78 Å². The van der Waals surface area contributed by atoms with Crippen molar-refractivity contribution in [1.29, 1.82) is 0 Å². The number of amides is 1. The van der Waals surface area contributed by atoms with E-state index >= 15 is 0 Å². The van der Waals surface area contributed by atoms with Crippen molar-refractivity contribution in [1.82, 2.24) is 10.3 Å². The van der Waals surface area contributed by atoms with Gasteiger partial charge in [0, 0.05) is 29.0 Å². The minimum atomic E-state index is -1.07. The summed E-state index contributed by atoms with van der Waals surface area (Å²) in [6, 6.07) is 35.9. The molecule has 6 nitrogen and oxygen atoms in total. The number of nitrogens with zero attached hydrogens (tertiary/aromatic N) is 1. The van der Waals surface area contributed by atoms with Crippen molar-refractivity contribution < 1.29 is 50.1 Å². The molecule has 0 saturated heterocycles. The predicted molar refractivity (Wildman–Crippen MR) is 172 cm³/mol. The first-order valence-corrected chi connectivity index (χ1v) is 15.0. The quantitative estimate of drug-likeness (QED) is 0.175. The number of aliphatic carboxylic acids is 1. The Kier molecular flexibility index (Phi) is 10.8. The molecule has 0 saturated carbocycles. The third-order valence-corrected chi connectivity index (χ3v) is 8.14. The minimum absolute atomic E-state index is 0. The monoisotopic (exact) mass is 606 g/mol. The van der Waals surface area contributed by atoms with E-state index in [-0.39, 0.29) is 49.2 Å². The Morgan fingerprint density at radius 3 is 2.20 bits per heavy atom. The summed E-state index contributed by atoms with van der Waals surface area (Å²) in [5, 5.41) is 12.5. The maximum Gasteiger partial charge on any atom is 1.00 e. The molecule has 45 heavy (non-hydrogen) atoms. The number of carboxylic acids is 1. The summed E-state index contributed by atoms with van der Waals surface area (Å²) >= 11 is 0. The molecule has 3 atom stereocenters. The summed E-state index contributed by atoms with van der Waals surface area (Å²) in [5.74, 6) is 0.207. The zero-order chi connectivity index (χ0) is 30.3. The largest absolute Gasteiger partial charge is 1.00 e. The summed E-state index contributed by atoms with van der Waals surface area (Å²) < 4.78 is 6.57. The van der Waals surface area contributed by atoms with Crippen LogP contribution in [0.2, 0.25) is 0 Å². The summed E-state index contributed by atoms with van der Waals surface area (Å²) in [6.45, 7) is 0. The number of aromatic nitrogens is 1. The van der Waals surface area contributed by atoms with Gasteiger partial charge in [-0.05, 0) is 48.4 Å². The average Bonchev–Trinajstić information content (AvgIpc) is 3.52. The third-order valence-electron chi connectivity index (χ3n) is 8.14. The Morgan fingerprint density at radius 1 is 0.867 bits per heavy atom. The van der Waals surface area contributed by atoms with E-state index in [0.717, 1.165) is 52.4 Å². The zero-order valence-corrected chi connectivity index (χ0v) is 27.3. The van der Waals surface area contributed by atoms with Crippen LogP contribution in [0.5, 0.6) is 0 Å². The standard InChI is InChI=1S/C38H34N2O4.Na.H/c41-36(39-33(38(42)43)25-26-13-4-1-5-14-26)31-21-12-15-27(24-31)23-30-20-10-11-22-32(30)37-40-34(28-16-6-2-7-17-28)35(44-37)29-18-8-3-9-19-29;;/h1-10,12-21,24,30,32-33H,11,22-23,25H2,(H,39,41)(H,42,43);;/q;+1;-1/t30?,32?,33-;;/m0../s1. The van der Waals surface area contributed by atoms with Crippen LogP contribution in [0.25, 0.3) is 22.6 Å². The van der Waals surface area contributed by atoms with Crippen molar-refractivity contribution in [3.63, 3.8) is 0 Å². The molecule has 7 heteroatoms. The number of allylic oxidation sites excluding steroid dienone is 2. The molecule has 222 valence electrons. The van der Waals surface area contributed by atoms with Crippen LogP contribution < -0.4 is 34.9 Å². The van der Waals surface area contributed by atoms with Gasteiger partial charge in [-0.1, -0.05) is 115 Å². The maximum atomic E-state index is 13.2. The molecule has 0 spiro atoms. The molecular weight excluding hydrogens is 571 g/mol. The van der Waals surface area contributed by atoms with Gasteiger partial charge in [0.1, 0.15) is 11.7 Å². The fourth-order valence-electron chi connectivity index (χ4n) is 5.89. The van der Waals surface area contributed by atoms with E-state index in [1.807, 2.05) is 97.1 Å². The number of carbonyl (C=O) groups is 2. The van der Waals surface area contributed by atoms with E-state index in [0.29, 0.717) is 12.0 Å². The summed E-state index contributed by atoms with van der Waals surface area (Å²) in [5.41, 5.74) is 5.11. The Bertz CT molecular complexity index is 1700. The molecule has 2 unspecified atom stereocenters. The topological polar surface area (TPSA) is 92.4 Å². The molecule has 0 radical (unpaired) electrons. The summed E-state index contributed by atoms with van der Waals surface area (Å²) in [4.78, 5) is 30.2. The second-order valence-electron chi connectivity index (χ2n) is 11.2. The number of carbonyl (C=O) groups excluding carboxylic acids is 1. The van der Waals surface area contributed by atoms with Crippen LogP contribution in [-0.2, 0) is 17.6 Å². The molecule has 6 rings (SSSR count). The number of rotatable bonds is 10. The molecule has 4 aromatic carbocycles. The van der Waals surface area contributed by atoms with Crippen LogP contribution >= 0.6 is 0 Å². The van der Waals surface area contributed by atoms with Gasteiger partial charge in [-0.3, -0.25) is 4.79 Å². The molecule has 1 aliphatic rings. The number of benzene rings is 4. The zero-order valence-electron chi connectivity index (χ0n) is 26.3. The van der Waals surface area contributed by atoms with Crippen molar-refractivity contribution >= 4 is 11.9 Å². The van der Waals surface area contributed by atoms with Gasteiger partial charge in [0.15, 0.2) is 11.7 Å². The van der Waals surface area contributed by atoms with Crippen molar-refractivity contribution in [2.75, 3.05) is 0 Å². The van der Waals surface area contributed by atoms with Gasteiger partial charge in [0.25, 0.3) is 5.91 Å². The first kappa shape index (κ1) is 32.2. The van der Waals surface area contributed by atoms with E-state index in [4.69, 9.17) is 9.40 Å². The van der Waals surface area contributed by atoms with Crippen molar-refractivity contribution in [2.45, 2.75) is 37.6 Å². The third kappa shape index (κ3) is 7.90. The van der Waals surface area contributed by atoms with Crippen molar-refractivity contribution in [3.05, 3.63) is 150 Å². The minimum Gasteiger partial charge on any atom is -1.00 e. The van der Waals surface area contributed by atoms with Gasteiger partial charge in [0.2, 0.25) is 0 Å². The number of oxazole rings is 1. The van der Waals surface area contributed by atoms with Crippen molar-refractivity contribution in [3.8, 4) is 22.6 Å². The molecular formula is C38H35N2NaO4. The van der Waals surface area contributed by atoms with E-state index in [9.17, 15) is 14.7 Å². The average molecular weight is 607 g/mol. The number of hydrogen-bond acceptors (Lipinski definition) is 4. The van der Waals surface area contributed by atoms with Crippen LogP contribution in [0.1, 0.15) is 47.6 Å². The fourth-order valence-corrected chi connectivity index (χ4v) is 5.89. The molecule has 0 aliphatic heterocycles. The van der Waals surface area contributed by atoms with Crippen LogP contribution in [0.3, 0.4) is 0 Å². The maximum absolute atomic E-state index is 13.2. The second-order valence-corrected chi connectivity index (χ2v) is 11.2. The molecule has 5 aromatic rings. The molecule has 1 aliphatic carbocycles. The smallest absolute Gasteiger partial charge is 1.00 e. The van der Waals surface area contributed by atoms with E-state index in [2.05, 4.69) is 29.6 Å². The molecule has 1 heterocycles. The Balaban J connectivity index is 0.00000240. The van der Waals surface area contributed by atoms with Gasteiger partial charge in [-0.15, -0.1) is 0 Å². The first-order chi connectivity index (χ1) is 21.5. The predicted octanol–water partition coefficient (Wildman–Crippen LogP) is 4.84. The van der Waals surface area contributed by atoms with Crippen LogP contribution in [0.4, 0.5) is 0 Å². The summed E-state index contributed by atoms with van der Waals surface area (Å²) in [7, 11) is 0. The number of hydrogen-bond donors (Lipinski definition) is 2. The van der Waals surface area contributed by atoms with Crippen LogP contribution in [0.15, 0.2) is 132 Å². The van der Waals surface area contributed by atoms with Gasteiger partial charge in [0.05, 0.1) is 0 Å². The van der Waals surface area contributed by atoms with E-state index in [1.165, 1.54) is 0 Å². The first-order valence-electron chi connectivity index (χ1n) is 15.0. The molecule has 1 amide bonds. The van der Waals surface area contributed by atoms with Crippen LogP contribution in [0, 0.1) is 5.92 Å². The Hall–Kier alpha value is -4.23. The van der Waals surface area contributed by atoms with Gasteiger partial charge >= 0.3 is 35.5 Å².